The second kappa shape index (κ2) is 8.71. The number of carbonyl (C=O) groups excluding carboxylic acids is 1. The molecule has 2 fully saturated rings. The number of piperidine rings is 2. The monoisotopic (exact) mass is 362 g/mol. The highest BCUT2D eigenvalue weighted by Gasteiger charge is 2.26. The molecule has 0 atom stereocenters. The van der Waals surface area contributed by atoms with Crippen LogP contribution in [-0.2, 0) is 0 Å². The van der Waals surface area contributed by atoms with Crippen LogP contribution in [0.3, 0.4) is 0 Å². The summed E-state index contributed by atoms with van der Waals surface area (Å²) < 4.78 is 13.3. The number of nitrogens with one attached hydrogen (secondary N) is 2. The molecule has 144 valence electrons. The maximum absolute atomic E-state index is 13.3. The summed E-state index contributed by atoms with van der Waals surface area (Å²) in [5, 5.41) is 6.68. The molecule has 0 aromatic heterocycles. The molecule has 26 heavy (non-hydrogen) atoms. The zero-order valence-corrected chi connectivity index (χ0v) is 15.9. The number of rotatable bonds is 4. The molecular formula is C20H31FN4O. The Hall–Kier alpha value is -1.82. The third-order valence-corrected chi connectivity index (χ3v) is 5.58. The molecule has 1 aromatic carbocycles. The van der Waals surface area contributed by atoms with Crippen LogP contribution in [0, 0.1) is 12.7 Å². The zero-order chi connectivity index (χ0) is 18.5. The van der Waals surface area contributed by atoms with Crippen molar-refractivity contribution in [2.45, 2.75) is 51.6 Å². The van der Waals surface area contributed by atoms with Crippen molar-refractivity contribution in [1.82, 2.24) is 15.5 Å². The molecular weight excluding hydrogens is 331 g/mol. The average molecular weight is 362 g/mol. The molecule has 2 aliphatic rings. The highest BCUT2D eigenvalue weighted by molar-refractivity contribution is 5.74. The fraction of sp³-hybridized carbons (Fsp3) is 0.650. The van der Waals surface area contributed by atoms with Gasteiger partial charge in [-0.15, -0.1) is 0 Å². The van der Waals surface area contributed by atoms with E-state index in [0.717, 1.165) is 63.1 Å². The van der Waals surface area contributed by atoms with Gasteiger partial charge in [-0.2, -0.15) is 0 Å². The summed E-state index contributed by atoms with van der Waals surface area (Å²) in [5.41, 5.74) is 2.16. The number of hydrogen-bond donors (Lipinski definition) is 2. The molecule has 2 N–H and O–H groups in total. The second-order valence-electron chi connectivity index (χ2n) is 7.46. The van der Waals surface area contributed by atoms with Crippen molar-refractivity contribution in [3.63, 3.8) is 0 Å². The third-order valence-electron chi connectivity index (χ3n) is 5.58. The van der Waals surface area contributed by atoms with Gasteiger partial charge in [-0.3, -0.25) is 0 Å². The molecule has 5 nitrogen and oxygen atoms in total. The van der Waals surface area contributed by atoms with Crippen LogP contribution in [-0.4, -0.2) is 55.7 Å². The molecule has 0 unspecified atom stereocenters. The Morgan fingerprint density at radius 3 is 2.31 bits per heavy atom. The van der Waals surface area contributed by atoms with Crippen molar-refractivity contribution >= 4 is 11.7 Å². The number of aryl methyl sites for hydroxylation is 1. The number of nitrogens with zero attached hydrogens (tertiary/aromatic N) is 2. The van der Waals surface area contributed by atoms with Gasteiger partial charge in [0, 0.05) is 50.5 Å². The Labute approximate surface area is 155 Å². The van der Waals surface area contributed by atoms with Crippen LogP contribution in [0.2, 0.25) is 0 Å². The first-order valence-corrected chi connectivity index (χ1v) is 9.86. The molecule has 2 heterocycles. The van der Waals surface area contributed by atoms with E-state index in [2.05, 4.69) is 15.5 Å². The van der Waals surface area contributed by atoms with E-state index in [1.807, 2.05) is 24.8 Å². The van der Waals surface area contributed by atoms with E-state index in [9.17, 15) is 9.18 Å². The third kappa shape index (κ3) is 4.67. The van der Waals surface area contributed by atoms with Gasteiger partial charge in [0.25, 0.3) is 0 Å². The van der Waals surface area contributed by atoms with Crippen LogP contribution in [0.25, 0.3) is 0 Å². The van der Waals surface area contributed by atoms with E-state index in [-0.39, 0.29) is 11.8 Å². The molecule has 0 spiro atoms. The fourth-order valence-electron chi connectivity index (χ4n) is 4.11. The highest BCUT2D eigenvalue weighted by atomic mass is 19.1. The average Bonchev–Trinajstić information content (AvgIpc) is 2.63. The summed E-state index contributed by atoms with van der Waals surface area (Å²) in [7, 11) is 0. The normalized spacial score (nSPS) is 19.7. The SMILES string of the molecule is CCNC(=O)N1CCC(NC2CCN(c3ccc(F)cc3C)CC2)CC1. The topological polar surface area (TPSA) is 47.6 Å². The Morgan fingerprint density at radius 2 is 1.73 bits per heavy atom. The summed E-state index contributed by atoms with van der Waals surface area (Å²) in [6.07, 6.45) is 4.25. The number of hydrogen-bond acceptors (Lipinski definition) is 3. The van der Waals surface area contributed by atoms with Crippen LogP contribution < -0.4 is 15.5 Å². The Morgan fingerprint density at radius 1 is 1.12 bits per heavy atom. The zero-order valence-electron chi connectivity index (χ0n) is 15.9. The van der Waals surface area contributed by atoms with Gasteiger partial charge in [-0.25, -0.2) is 9.18 Å². The van der Waals surface area contributed by atoms with E-state index in [4.69, 9.17) is 0 Å². The quantitative estimate of drug-likeness (QED) is 0.866. The molecule has 2 saturated heterocycles. The predicted octanol–water partition coefficient (Wildman–Crippen LogP) is 2.89. The molecule has 0 aliphatic carbocycles. The van der Waals surface area contributed by atoms with Crippen LogP contribution in [0.4, 0.5) is 14.9 Å². The fourth-order valence-corrected chi connectivity index (χ4v) is 4.11. The van der Waals surface area contributed by atoms with Gasteiger partial charge < -0.3 is 20.4 Å². The molecule has 0 bridgehead atoms. The van der Waals surface area contributed by atoms with Crippen molar-refractivity contribution in [1.29, 1.82) is 0 Å². The van der Waals surface area contributed by atoms with Gasteiger partial charge in [0.05, 0.1) is 0 Å². The smallest absolute Gasteiger partial charge is 0.317 e. The summed E-state index contributed by atoms with van der Waals surface area (Å²) in [6, 6.07) is 6.17. The molecule has 1 aromatic rings. The number of halogens is 1. The molecule has 0 radical (unpaired) electrons. The first-order chi connectivity index (χ1) is 12.6. The van der Waals surface area contributed by atoms with Crippen LogP contribution in [0.15, 0.2) is 18.2 Å². The lowest BCUT2D eigenvalue weighted by molar-refractivity contribution is 0.172. The molecule has 0 saturated carbocycles. The lowest BCUT2D eigenvalue weighted by Crippen LogP contribution is -2.52. The summed E-state index contributed by atoms with van der Waals surface area (Å²) in [5.74, 6) is -0.165. The van der Waals surface area contributed by atoms with Gasteiger partial charge in [0.15, 0.2) is 0 Å². The van der Waals surface area contributed by atoms with Crippen LogP contribution >= 0.6 is 0 Å². The van der Waals surface area contributed by atoms with E-state index < -0.39 is 0 Å². The summed E-state index contributed by atoms with van der Waals surface area (Å²) >= 11 is 0. The number of anilines is 1. The largest absolute Gasteiger partial charge is 0.371 e. The minimum atomic E-state index is -0.165. The number of amides is 2. The Balaban J connectivity index is 1.43. The molecule has 2 amide bonds. The van der Waals surface area contributed by atoms with Crippen molar-refractivity contribution in [2.75, 3.05) is 37.6 Å². The Bertz CT molecular complexity index is 608. The van der Waals surface area contributed by atoms with Gasteiger partial charge in [-0.1, -0.05) is 0 Å². The van der Waals surface area contributed by atoms with Crippen molar-refractivity contribution in [3.8, 4) is 0 Å². The van der Waals surface area contributed by atoms with Gasteiger partial charge in [0.1, 0.15) is 5.82 Å². The van der Waals surface area contributed by atoms with Crippen LogP contribution in [0.5, 0.6) is 0 Å². The van der Waals surface area contributed by atoms with E-state index in [1.54, 1.807) is 12.1 Å². The first-order valence-electron chi connectivity index (χ1n) is 9.86. The maximum Gasteiger partial charge on any atom is 0.317 e. The minimum Gasteiger partial charge on any atom is -0.371 e. The standard InChI is InChI=1S/C20H31FN4O/c1-3-22-20(26)25-12-8-18(9-13-25)23-17-6-10-24(11-7-17)19-5-4-16(21)14-15(19)2/h4-5,14,17-18,23H,3,6-13H2,1-2H3,(H,22,26). The second-order valence-corrected chi connectivity index (χ2v) is 7.46. The molecule has 3 rings (SSSR count). The number of carbonyl (C=O) groups is 1. The van der Waals surface area contributed by atoms with E-state index in [0.29, 0.717) is 18.6 Å². The number of likely N-dealkylation sites (tertiary alicyclic amines) is 1. The maximum atomic E-state index is 13.3. The highest BCUT2D eigenvalue weighted by Crippen LogP contribution is 2.25. The lowest BCUT2D eigenvalue weighted by Gasteiger charge is -2.38. The number of urea groups is 1. The van der Waals surface area contributed by atoms with Gasteiger partial charge in [-0.05, 0) is 63.3 Å². The van der Waals surface area contributed by atoms with Gasteiger partial charge >= 0.3 is 6.03 Å². The van der Waals surface area contributed by atoms with Crippen molar-refractivity contribution < 1.29 is 9.18 Å². The molecule has 2 aliphatic heterocycles. The predicted molar refractivity (Wildman–Crippen MR) is 103 cm³/mol. The molecule has 6 heteroatoms. The van der Waals surface area contributed by atoms with E-state index in [1.165, 1.54) is 0 Å². The summed E-state index contributed by atoms with van der Waals surface area (Å²) in [6.45, 7) is 8.28. The first kappa shape index (κ1) is 19.0. The van der Waals surface area contributed by atoms with Crippen molar-refractivity contribution in [2.24, 2.45) is 0 Å². The Kier molecular flexibility index (Phi) is 6.35. The van der Waals surface area contributed by atoms with Crippen molar-refractivity contribution in [3.05, 3.63) is 29.6 Å². The van der Waals surface area contributed by atoms with Gasteiger partial charge in [0.2, 0.25) is 0 Å². The number of benzene rings is 1. The lowest BCUT2D eigenvalue weighted by atomic mass is 9.99. The summed E-state index contributed by atoms with van der Waals surface area (Å²) in [4.78, 5) is 16.2. The van der Waals surface area contributed by atoms with E-state index >= 15 is 0 Å². The minimum absolute atomic E-state index is 0.0638. The van der Waals surface area contributed by atoms with Crippen LogP contribution in [0.1, 0.15) is 38.2 Å².